The first-order valence-electron chi connectivity index (χ1n) is 5.73. The smallest absolute Gasteiger partial charge is 0.126 e. The quantitative estimate of drug-likeness (QED) is 0.830. The summed E-state index contributed by atoms with van der Waals surface area (Å²) in [6.45, 7) is 0.922. The highest BCUT2D eigenvalue weighted by molar-refractivity contribution is 5.20. The van der Waals surface area contributed by atoms with E-state index in [4.69, 9.17) is 0 Å². The Morgan fingerprint density at radius 1 is 1.19 bits per heavy atom. The zero-order valence-electron chi connectivity index (χ0n) is 9.52. The van der Waals surface area contributed by atoms with Gasteiger partial charge in [-0.1, -0.05) is 6.42 Å². The van der Waals surface area contributed by atoms with Gasteiger partial charge in [0.2, 0.25) is 0 Å². The number of hydrogen-bond donors (Lipinski definition) is 1. The van der Waals surface area contributed by atoms with E-state index >= 15 is 0 Å². The predicted octanol–water partition coefficient (Wildman–Crippen LogP) is 2.90. The molecule has 1 aliphatic rings. The summed E-state index contributed by atoms with van der Waals surface area (Å²) >= 11 is 0. The van der Waals surface area contributed by atoms with Crippen molar-refractivity contribution >= 4 is 0 Å². The van der Waals surface area contributed by atoms with Gasteiger partial charge in [-0.05, 0) is 49.4 Å². The lowest BCUT2D eigenvalue weighted by Crippen LogP contribution is -2.40. The average Bonchev–Trinajstić information content (AvgIpc) is 2.13. The van der Waals surface area contributed by atoms with Crippen LogP contribution in [0.4, 0.5) is 8.78 Å². The molecule has 0 aromatic heterocycles. The van der Waals surface area contributed by atoms with Crippen molar-refractivity contribution in [1.29, 1.82) is 0 Å². The van der Waals surface area contributed by atoms with Gasteiger partial charge < -0.3 is 5.32 Å². The molecule has 0 unspecified atom stereocenters. The molecule has 1 N–H and O–H groups in total. The van der Waals surface area contributed by atoms with Crippen molar-refractivity contribution in [2.75, 3.05) is 13.6 Å². The molecule has 3 heteroatoms. The van der Waals surface area contributed by atoms with Gasteiger partial charge in [-0.25, -0.2) is 8.78 Å². The van der Waals surface area contributed by atoms with Crippen LogP contribution in [0, 0.1) is 17.0 Å². The fraction of sp³-hybridized carbons (Fsp3) is 0.538. The third-order valence-corrected chi connectivity index (χ3v) is 3.47. The summed E-state index contributed by atoms with van der Waals surface area (Å²) in [4.78, 5) is 0. The third-order valence-electron chi connectivity index (χ3n) is 3.47. The second-order valence-electron chi connectivity index (χ2n) is 4.84. The van der Waals surface area contributed by atoms with Gasteiger partial charge in [-0.3, -0.25) is 0 Å². The third kappa shape index (κ3) is 2.40. The standard InChI is InChI=1S/C13H17F2N/c1-16-9-13(3-2-4-13)8-10-5-11(14)7-12(15)6-10/h5-7,16H,2-4,8-9H2,1H3. The van der Waals surface area contributed by atoms with Crippen LogP contribution in [0.2, 0.25) is 0 Å². The summed E-state index contributed by atoms with van der Waals surface area (Å²) < 4.78 is 26.1. The molecule has 1 saturated carbocycles. The topological polar surface area (TPSA) is 12.0 Å². The SMILES string of the molecule is CNCC1(Cc2cc(F)cc(F)c2)CCC1. The first-order chi connectivity index (χ1) is 7.63. The van der Waals surface area contributed by atoms with Gasteiger partial charge in [0.1, 0.15) is 11.6 Å². The van der Waals surface area contributed by atoms with Gasteiger partial charge >= 0.3 is 0 Å². The maximum absolute atomic E-state index is 13.1. The van der Waals surface area contributed by atoms with Gasteiger partial charge in [0.25, 0.3) is 0 Å². The Bertz CT molecular complexity index is 352. The van der Waals surface area contributed by atoms with Gasteiger partial charge in [0, 0.05) is 12.6 Å². The first kappa shape index (κ1) is 11.5. The molecule has 0 spiro atoms. The molecule has 0 bridgehead atoms. The number of hydrogen-bond acceptors (Lipinski definition) is 1. The molecule has 1 nitrogen and oxygen atoms in total. The van der Waals surface area contributed by atoms with E-state index in [0.29, 0.717) is 0 Å². The molecular formula is C13H17F2N. The predicted molar refractivity (Wildman–Crippen MR) is 60.3 cm³/mol. The molecule has 0 amide bonds. The van der Waals surface area contributed by atoms with Crippen molar-refractivity contribution in [1.82, 2.24) is 5.32 Å². The summed E-state index contributed by atoms with van der Waals surface area (Å²) in [5.41, 5.74) is 0.988. The van der Waals surface area contributed by atoms with Crippen LogP contribution in [0.25, 0.3) is 0 Å². The lowest BCUT2D eigenvalue weighted by Gasteiger charge is -2.42. The van der Waals surface area contributed by atoms with E-state index in [2.05, 4.69) is 5.32 Å². The number of benzene rings is 1. The Morgan fingerprint density at radius 3 is 2.25 bits per heavy atom. The Labute approximate surface area is 94.9 Å². The molecule has 1 aliphatic carbocycles. The molecule has 0 radical (unpaired) electrons. The molecule has 16 heavy (non-hydrogen) atoms. The van der Waals surface area contributed by atoms with Crippen molar-refractivity contribution in [3.63, 3.8) is 0 Å². The van der Waals surface area contributed by atoms with Crippen LogP contribution < -0.4 is 5.32 Å². The van der Waals surface area contributed by atoms with Gasteiger partial charge in [0.05, 0.1) is 0 Å². The fourth-order valence-corrected chi connectivity index (χ4v) is 2.61. The van der Waals surface area contributed by atoms with Crippen molar-refractivity contribution in [3.05, 3.63) is 35.4 Å². The minimum absolute atomic E-state index is 0.217. The van der Waals surface area contributed by atoms with Crippen LogP contribution in [0.1, 0.15) is 24.8 Å². The van der Waals surface area contributed by atoms with Crippen LogP contribution in [0.15, 0.2) is 18.2 Å². The largest absolute Gasteiger partial charge is 0.319 e. The molecule has 1 aromatic rings. The van der Waals surface area contributed by atoms with Crippen LogP contribution in [-0.2, 0) is 6.42 Å². The Kier molecular flexibility index (Phi) is 3.24. The summed E-state index contributed by atoms with van der Waals surface area (Å²) in [5, 5.41) is 3.17. The zero-order valence-corrected chi connectivity index (χ0v) is 9.52. The van der Waals surface area contributed by atoms with Crippen LogP contribution in [0.3, 0.4) is 0 Å². The number of rotatable bonds is 4. The van der Waals surface area contributed by atoms with E-state index in [1.54, 1.807) is 0 Å². The summed E-state index contributed by atoms with van der Waals surface area (Å²) in [6, 6.07) is 3.81. The highest BCUT2D eigenvalue weighted by atomic mass is 19.1. The van der Waals surface area contributed by atoms with Crippen molar-refractivity contribution in [3.8, 4) is 0 Å². The van der Waals surface area contributed by atoms with E-state index in [1.807, 2.05) is 7.05 Å². The van der Waals surface area contributed by atoms with E-state index in [-0.39, 0.29) is 5.41 Å². The highest BCUT2D eigenvalue weighted by Gasteiger charge is 2.36. The monoisotopic (exact) mass is 225 g/mol. The minimum Gasteiger partial charge on any atom is -0.319 e. The number of halogens is 2. The summed E-state index contributed by atoms with van der Waals surface area (Å²) in [7, 11) is 1.92. The van der Waals surface area contributed by atoms with E-state index in [1.165, 1.54) is 18.6 Å². The minimum atomic E-state index is -0.478. The van der Waals surface area contributed by atoms with E-state index in [0.717, 1.165) is 37.4 Å². The molecule has 1 aromatic carbocycles. The maximum atomic E-state index is 13.1. The van der Waals surface area contributed by atoms with Crippen LogP contribution >= 0.6 is 0 Å². The second kappa shape index (κ2) is 4.50. The van der Waals surface area contributed by atoms with Gasteiger partial charge in [0.15, 0.2) is 0 Å². The number of nitrogens with one attached hydrogen (secondary N) is 1. The fourth-order valence-electron chi connectivity index (χ4n) is 2.61. The highest BCUT2D eigenvalue weighted by Crippen LogP contribution is 2.43. The molecule has 1 fully saturated rings. The van der Waals surface area contributed by atoms with E-state index < -0.39 is 11.6 Å². The van der Waals surface area contributed by atoms with Gasteiger partial charge in [-0.2, -0.15) is 0 Å². The molecule has 0 atom stereocenters. The first-order valence-corrected chi connectivity index (χ1v) is 5.73. The summed E-state index contributed by atoms with van der Waals surface area (Å²) in [6.07, 6.45) is 4.28. The van der Waals surface area contributed by atoms with Crippen molar-refractivity contribution in [2.24, 2.45) is 5.41 Å². The van der Waals surface area contributed by atoms with Crippen molar-refractivity contribution in [2.45, 2.75) is 25.7 Å². The second-order valence-corrected chi connectivity index (χ2v) is 4.84. The molecule has 2 rings (SSSR count). The van der Waals surface area contributed by atoms with Gasteiger partial charge in [-0.15, -0.1) is 0 Å². The molecule has 0 saturated heterocycles. The molecular weight excluding hydrogens is 208 g/mol. The Morgan fingerprint density at radius 2 is 1.81 bits per heavy atom. The zero-order chi connectivity index (χ0) is 11.6. The molecule has 88 valence electrons. The summed E-state index contributed by atoms with van der Waals surface area (Å²) in [5.74, 6) is -0.956. The normalized spacial score (nSPS) is 18.2. The lowest BCUT2D eigenvalue weighted by atomic mass is 9.65. The van der Waals surface area contributed by atoms with E-state index in [9.17, 15) is 8.78 Å². The molecule has 0 aliphatic heterocycles. The molecule has 0 heterocycles. The average molecular weight is 225 g/mol. The Hall–Kier alpha value is -0.960. The van der Waals surface area contributed by atoms with Crippen LogP contribution in [-0.4, -0.2) is 13.6 Å². The lowest BCUT2D eigenvalue weighted by molar-refractivity contribution is 0.133. The van der Waals surface area contributed by atoms with Crippen molar-refractivity contribution < 1.29 is 8.78 Å². The Balaban J connectivity index is 2.12. The maximum Gasteiger partial charge on any atom is 0.126 e. The van der Waals surface area contributed by atoms with Crippen LogP contribution in [0.5, 0.6) is 0 Å².